The van der Waals surface area contributed by atoms with Crippen LogP contribution in [0.4, 0.5) is 0 Å². The van der Waals surface area contributed by atoms with Crippen LogP contribution in [0.3, 0.4) is 0 Å². The Morgan fingerprint density at radius 3 is 2.52 bits per heavy atom. The molecule has 1 aliphatic heterocycles. The Kier molecular flexibility index (Phi) is 4.04. The molecular formula is C23H34OS. The summed E-state index contributed by atoms with van der Waals surface area (Å²) in [5.41, 5.74) is 4.07. The number of benzene rings is 1. The average molecular weight is 359 g/mol. The molecule has 4 unspecified atom stereocenters. The molecule has 1 nitrogen and oxygen atoms in total. The molecule has 1 aromatic carbocycles. The molecule has 2 aliphatic carbocycles. The van der Waals surface area contributed by atoms with E-state index in [1.807, 2.05) is 7.11 Å². The monoisotopic (exact) mass is 358 g/mol. The van der Waals surface area contributed by atoms with Gasteiger partial charge >= 0.3 is 0 Å². The quantitative estimate of drug-likeness (QED) is 0.558. The van der Waals surface area contributed by atoms with Crippen molar-refractivity contribution in [2.45, 2.75) is 77.0 Å². The van der Waals surface area contributed by atoms with E-state index in [0.29, 0.717) is 10.8 Å². The van der Waals surface area contributed by atoms with E-state index in [1.165, 1.54) is 53.9 Å². The molecule has 4 rings (SSSR count). The van der Waals surface area contributed by atoms with Crippen molar-refractivity contribution in [2.75, 3.05) is 12.9 Å². The first-order valence-electron chi connectivity index (χ1n) is 10.0. The van der Waals surface area contributed by atoms with Gasteiger partial charge < -0.3 is 4.74 Å². The van der Waals surface area contributed by atoms with Gasteiger partial charge in [-0.15, -0.1) is 11.8 Å². The van der Waals surface area contributed by atoms with Crippen molar-refractivity contribution < 1.29 is 4.74 Å². The van der Waals surface area contributed by atoms with E-state index < -0.39 is 0 Å². The van der Waals surface area contributed by atoms with Gasteiger partial charge in [-0.3, -0.25) is 0 Å². The number of fused-ring (bicyclic) bond motifs is 5. The van der Waals surface area contributed by atoms with Crippen molar-refractivity contribution in [1.29, 1.82) is 0 Å². The van der Waals surface area contributed by atoms with E-state index in [4.69, 9.17) is 4.74 Å². The van der Waals surface area contributed by atoms with Gasteiger partial charge in [0.05, 0.1) is 7.11 Å². The van der Waals surface area contributed by atoms with Crippen LogP contribution in [0, 0.1) is 29.6 Å². The first-order chi connectivity index (χ1) is 11.7. The lowest BCUT2D eigenvalue weighted by Gasteiger charge is -2.64. The lowest BCUT2D eigenvalue weighted by Crippen LogP contribution is -2.58. The van der Waals surface area contributed by atoms with Gasteiger partial charge in [-0.2, -0.15) is 0 Å². The molecule has 0 N–H and O–H groups in total. The topological polar surface area (TPSA) is 9.23 Å². The molecule has 2 saturated carbocycles. The normalized spacial score (nSPS) is 39.1. The average Bonchev–Trinajstić information content (AvgIpc) is 2.52. The number of rotatable bonds is 1. The van der Waals surface area contributed by atoms with Crippen LogP contribution in [0.5, 0.6) is 5.75 Å². The fourth-order valence-corrected chi connectivity index (χ4v) is 8.90. The summed E-state index contributed by atoms with van der Waals surface area (Å²) in [5, 5.41) is 0. The van der Waals surface area contributed by atoms with Gasteiger partial charge in [0.15, 0.2) is 0 Å². The summed E-state index contributed by atoms with van der Waals surface area (Å²) in [7, 11) is 1.85. The van der Waals surface area contributed by atoms with Crippen LogP contribution in [0.2, 0.25) is 0 Å². The first kappa shape index (κ1) is 17.8. The Bertz CT molecular complexity index is 676. The van der Waals surface area contributed by atoms with Crippen LogP contribution < -0.4 is 4.74 Å². The molecule has 0 spiro atoms. The minimum absolute atomic E-state index is 0.262. The van der Waals surface area contributed by atoms with E-state index in [0.717, 1.165) is 17.6 Å². The number of hydrogen-bond donors (Lipinski definition) is 0. The Labute approximate surface area is 158 Å². The third kappa shape index (κ3) is 2.42. The zero-order valence-electron chi connectivity index (χ0n) is 16.9. The zero-order chi connectivity index (χ0) is 18.0. The number of aryl methyl sites for hydroxylation is 1. The van der Waals surface area contributed by atoms with Crippen molar-refractivity contribution in [3.8, 4) is 5.75 Å². The van der Waals surface area contributed by atoms with Gasteiger partial charge in [0.1, 0.15) is 5.75 Å². The molecule has 138 valence electrons. The van der Waals surface area contributed by atoms with Crippen molar-refractivity contribution in [3.63, 3.8) is 0 Å². The Balaban J connectivity index is 1.85. The predicted octanol–water partition coefficient (Wildman–Crippen LogP) is 6.61. The summed E-state index contributed by atoms with van der Waals surface area (Å²) in [6, 6.07) is 4.65. The SMILES string of the molecule is COc1cc(C)cc2c1C1(C)CCC3C(C)(C)CCCC3(C)C1CS2. The molecule has 2 fully saturated rings. The maximum Gasteiger partial charge on any atom is 0.124 e. The zero-order valence-corrected chi connectivity index (χ0v) is 17.7. The van der Waals surface area contributed by atoms with Gasteiger partial charge in [0, 0.05) is 21.6 Å². The molecule has 1 aromatic rings. The number of thioether (sulfide) groups is 1. The smallest absolute Gasteiger partial charge is 0.124 e. The first-order valence-corrected chi connectivity index (χ1v) is 11.0. The standard InChI is InChI=1S/C23H34OS/c1-15-12-16(24-6)20-17(13-15)25-14-19-22(4)10-7-9-21(2,3)18(22)8-11-23(19,20)5/h12-13,18-19H,7-11,14H2,1-6H3. The molecule has 0 saturated heterocycles. The highest BCUT2D eigenvalue weighted by Crippen LogP contribution is 2.68. The van der Waals surface area contributed by atoms with Crippen molar-refractivity contribution in [2.24, 2.45) is 22.7 Å². The van der Waals surface area contributed by atoms with E-state index in [-0.39, 0.29) is 5.41 Å². The van der Waals surface area contributed by atoms with Crippen LogP contribution in [0.25, 0.3) is 0 Å². The maximum atomic E-state index is 5.90. The summed E-state index contributed by atoms with van der Waals surface area (Å²) < 4.78 is 5.90. The number of hydrogen-bond acceptors (Lipinski definition) is 2. The minimum atomic E-state index is 0.262. The molecule has 25 heavy (non-hydrogen) atoms. The number of methoxy groups -OCH3 is 1. The van der Waals surface area contributed by atoms with Crippen LogP contribution >= 0.6 is 11.8 Å². The van der Waals surface area contributed by atoms with Crippen molar-refractivity contribution in [3.05, 3.63) is 23.3 Å². The molecule has 0 radical (unpaired) electrons. The van der Waals surface area contributed by atoms with E-state index in [1.54, 1.807) is 0 Å². The summed E-state index contributed by atoms with van der Waals surface area (Å²) in [5.74, 6) is 4.03. The van der Waals surface area contributed by atoms with Gasteiger partial charge in [-0.05, 0) is 73.0 Å². The van der Waals surface area contributed by atoms with Crippen LogP contribution in [0.1, 0.15) is 70.9 Å². The maximum absolute atomic E-state index is 5.90. The van der Waals surface area contributed by atoms with Gasteiger partial charge in [0.25, 0.3) is 0 Å². The minimum Gasteiger partial charge on any atom is -0.496 e. The Morgan fingerprint density at radius 1 is 1.04 bits per heavy atom. The molecule has 2 heteroatoms. The van der Waals surface area contributed by atoms with Crippen LogP contribution in [-0.2, 0) is 5.41 Å². The lowest BCUT2D eigenvalue weighted by atomic mass is 9.43. The van der Waals surface area contributed by atoms with Gasteiger partial charge in [-0.1, -0.05) is 34.1 Å². The van der Waals surface area contributed by atoms with Crippen LogP contribution in [-0.4, -0.2) is 12.9 Å². The molecule has 0 aromatic heterocycles. The molecule has 1 heterocycles. The van der Waals surface area contributed by atoms with Crippen molar-refractivity contribution in [1.82, 2.24) is 0 Å². The van der Waals surface area contributed by atoms with Gasteiger partial charge in [0.2, 0.25) is 0 Å². The highest BCUT2D eigenvalue weighted by atomic mass is 32.2. The molecule has 0 amide bonds. The third-order valence-electron chi connectivity index (χ3n) is 8.20. The van der Waals surface area contributed by atoms with Gasteiger partial charge in [-0.25, -0.2) is 0 Å². The lowest BCUT2D eigenvalue weighted by molar-refractivity contribution is -0.0976. The largest absolute Gasteiger partial charge is 0.496 e. The second-order valence-electron chi connectivity index (χ2n) is 10.1. The van der Waals surface area contributed by atoms with E-state index in [9.17, 15) is 0 Å². The van der Waals surface area contributed by atoms with E-state index in [2.05, 4.69) is 58.5 Å². The highest BCUT2D eigenvalue weighted by molar-refractivity contribution is 7.99. The highest BCUT2D eigenvalue weighted by Gasteiger charge is 2.60. The fraction of sp³-hybridized carbons (Fsp3) is 0.739. The Morgan fingerprint density at radius 2 is 1.80 bits per heavy atom. The summed E-state index contributed by atoms with van der Waals surface area (Å²) in [6.45, 7) is 12.4. The number of ether oxygens (including phenoxy) is 1. The summed E-state index contributed by atoms with van der Waals surface area (Å²) >= 11 is 2.09. The fourth-order valence-electron chi connectivity index (χ4n) is 7.06. The van der Waals surface area contributed by atoms with Crippen molar-refractivity contribution >= 4 is 11.8 Å². The van der Waals surface area contributed by atoms with Crippen LogP contribution in [0.15, 0.2) is 17.0 Å². The molecular weight excluding hydrogens is 324 g/mol. The molecule has 0 bridgehead atoms. The second kappa shape index (κ2) is 5.68. The molecule has 3 aliphatic rings. The summed E-state index contributed by atoms with van der Waals surface area (Å²) in [4.78, 5) is 1.48. The summed E-state index contributed by atoms with van der Waals surface area (Å²) in [6.07, 6.45) is 6.90. The third-order valence-corrected chi connectivity index (χ3v) is 9.33. The second-order valence-corrected chi connectivity index (χ2v) is 11.1. The Hall–Kier alpha value is -0.630. The predicted molar refractivity (Wildman–Crippen MR) is 108 cm³/mol. The molecule has 4 atom stereocenters. The van der Waals surface area contributed by atoms with E-state index >= 15 is 0 Å².